The van der Waals surface area contributed by atoms with Crippen molar-refractivity contribution in [3.8, 4) is 0 Å². The number of nitrogens with zero attached hydrogens (tertiary/aromatic N) is 3. The summed E-state index contributed by atoms with van der Waals surface area (Å²) < 4.78 is 0. The first kappa shape index (κ1) is 16.8. The van der Waals surface area contributed by atoms with E-state index < -0.39 is 0 Å². The largest absolute Gasteiger partial charge is 0.383 e. The summed E-state index contributed by atoms with van der Waals surface area (Å²) in [6, 6.07) is 4.19. The van der Waals surface area contributed by atoms with Crippen molar-refractivity contribution in [2.45, 2.75) is 44.9 Å². The van der Waals surface area contributed by atoms with Gasteiger partial charge in [0, 0.05) is 19.5 Å². The minimum Gasteiger partial charge on any atom is -0.383 e. The molecule has 3 aliphatic rings. The first-order chi connectivity index (χ1) is 12.2. The molecule has 0 aromatic carbocycles. The zero-order valence-corrected chi connectivity index (χ0v) is 15.3. The number of nitrogens with two attached hydrogens (primary N) is 2. The van der Waals surface area contributed by atoms with Gasteiger partial charge in [-0.2, -0.15) is 0 Å². The molecule has 0 amide bonds. The molecule has 2 atom stereocenters. The maximum Gasteiger partial charge on any atom is 0.183 e. The Kier molecular flexibility index (Phi) is 4.93. The van der Waals surface area contributed by atoms with Crippen LogP contribution < -0.4 is 16.0 Å². The maximum absolute atomic E-state index is 6.33. The van der Waals surface area contributed by atoms with Gasteiger partial charge in [0.1, 0.15) is 11.6 Å². The van der Waals surface area contributed by atoms with E-state index in [9.17, 15) is 0 Å². The molecule has 0 bridgehead atoms. The highest BCUT2D eigenvalue weighted by atomic mass is 15.2. The van der Waals surface area contributed by atoms with Gasteiger partial charge in [0.05, 0.1) is 5.56 Å². The number of aromatic nitrogens is 1. The Balaban J connectivity index is 1.34. The van der Waals surface area contributed by atoms with E-state index in [4.69, 9.17) is 16.1 Å². The summed E-state index contributed by atoms with van der Waals surface area (Å²) in [4.78, 5) is 9.64. The molecule has 1 saturated carbocycles. The van der Waals surface area contributed by atoms with E-state index in [1.807, 2.05) is 0 Å². The fourth-order valence-electron chi connectivity index (χ4n) is 4.56. The van der Waals surface area contributed by atoms with Crippen molar-refractivity contribution in [2.24, 2.45) is 11.8 Å². The van der Waals surface area contributed by atoms with Gasteiger partial charge in [-0.1, -0.05) is 0 Å². The lowest BCUT2D eigenvalue weighted by molar-refractivity contribution is -0.115. The van der Waals surface area contributed by atoms with Gasteiger partial charge < -0.3 is 15.5 Å². The van der Waals surface area contributed by atoms with Crippen LogP contribution in [-0.2, 0) is 0 Å². The highest BCUT2D eigenvalue weighted by Gasteiger charge is 2.39. The molecule has 2 saturated heterocycles. The molecule has 136 valence electrons. The van der Waals surface area contributed by atoms with Crippen molar-refractivity contribution >= 4 is 17.3 Å². The van der Waals surface area contributed by atoms with Crippen LogP contribution in [0.1, 0.15) is 50.5 Å². The SMILES string of the molecule is Nc1nc(N2CCCC3CC3C2)ccc1C(=[NH2+])CCCN1CCCC1. The quantitative estimate of drug-likeness (QED) is 0.765. The summed E-state index contributed by atoms with van der Waals surface area (Å²) >= 11 is 0. The molecule has 4 N–H and O–H groups in total. The van der Waals surface area contributed by atoms with Gasteiger partial charge in [-0.15, -0.1) is 0 Å². The lowest BCUT2D eigenvalue weighted by Crippen LogP contribution is -2.41. The molecular formula is C20H32N5+. The maximum atomic E-state index is 6.33. The van der Waals surface area contributed by atoms with Gasteiger partial charge in [-0.3, -0.25) is 5.41 Å². The molecule has 2 aliphatic heterocycles. The Labute approximate surface area is 151 Å². The number of hydrogen-bond acceptors (Lipinski definition) is 4. The van der Waals surface area contributed by atoms with Crippen LogP contribution in [0.25, 0.3) is 0 Å². The van der Waals surface area contributed by atoms with E-state index in [0.29, 0.717) is 5.82 Å². The molecule has 25 heavy (non-hydrogen) atoms. The third-order valence-electron chi connectivity index (χ3n) is 6.23. The molecule has 5 nitrogen and oxygen atoms in total. The van der Waals surface area contributed by atoms with Gasteiger partial charge in [0.25, 0.3) is 0 Å². The minimum atomic E-state index is 0.591. The molecule has 1 aromatic heterocycles. The monoisotopic (exact) mass is 342 g/mol. The van der Waals surface area contributed by atoms with Crippen molar-refractivity contribution in [1.29, 1.82) is 0 Å². The first-order valence-corrected chi connectivity index (χ1v) is 10.1. The molecular weight excluding hydrogens is 310 g/mol. The summed E-state index contributed by atoms with van der Waals surface area (Å²) in [6.07, 6.45) is 8.74. The van der Waals surface area contributed by atoms with Crippen LogP contribution in [0.2, 0.25) is 0 Å². The number of nitrogen functional groups attached to an aromatic ring is 1. The van der Waals surface area contributed by atoms with Crippen LogP contribution in [0, 0.1) is 11.8 Å². The molecule has 1 aromatic rings. The molecule has 3 heterocycles. The van der Waals surface area contributed by atoms with Gasteiger partial charge in [0.2, 0.25) is 0 Å². The second kappa shape index (κ2) is 7.32. The van der Waals surface area contributed by atoms with E-state index >= 15 is 0 Å². The Morgan fingerprint density at radius 3 is 2.80 bits per heavy atom. The summed E-state index contributed by atoms with van der Waals surface area (Å²) in [7, 11) is 0. The molecule has 2 unspecified atom stereocenters. The van der Waals surface area contributed by atoms with Gasteiger partial charge in [-0.25, -0.2) is 4.98 Å². The summed E-state index contributed by atoms with van der Waals surface area (Å²) in [5.74, 6) is 3.47. The Bertz CT molecular complexity index is 623. The number of hydrogen-bond donors (Lipinski definition) is 2. The Morgan fingerprint density at radius 1 is 1.16 bits per heavy atom. The average molecular weight is 343 g/mol. The van der Waals surface area contributed by atoms with E-state index in [1.165, 1.54) is 45.2 Å². The smallest absolute Gasteiger partial charge is 0.183 e. The van der Waals surface area contributed by atoms with Gasteiger partial charge in [0.15, 0.2) is 5.71 Å². The normalized spacial score (nSPS) is 26.3. The van der Waals surface area contributed by atoms with E-state index in [1.54, 1.807) is 0 Å². The zero-order chi connectivity index (χ0) is 17.2. The predicted molar refractivity (Wildman–Crippen MR) is 103 cm³/mol. The van der Waals surface area contributed by atoms with Crippen LogP contribution in [0.3, 0.4) is 0 Å². The number of pyridine rings is 1. The van der Waals surface area contributed by atoms with Crippen LogP contribution >= 0.6 is 0 Å². The summed E-state index contributed by atoms with van der Waals surface area (Å²) in [6.45, 7) is 5.88. The van der Waals surface area contributed by atoms with E-state index in [0.717, 1.165) is 61.4 Å². The van der Waals surface area contributed by atoms with Crippen LogP contribution in [-0.4, -0.2) is 48.3 Å². The third-order valence-corrected chi connectivity index (χ3v) is 6.23. The standard InChI is InChI=1S/C20H31N5/c21-18(6-4-11-24-9-1-2-10-24)17-7-8-19(23-20(17)22)25-12-3-5-15-13-16(15)14-25/h7-8,15-16,21H,1-6,9-14H2,(H2,22,23)/p+1. The van der Waals surface area contributed by atoms with Crippen molar-refractivity contribution < 1.29 is 5.41 Å². The Hall–Kier alpha value is -1.62. The van der Waals surface area contributed by atoms with Crippen molar-refractivity contribution in [1.82, 2.24) is 9.88 Å². The fourth-order valence-corrected chi connectivity index (χ4v) is 4.56. The lowest BCUT2D eigenvalue weighted by atomic mass is 10.1. The fraction of sp³-hybridized carbons (Fsp3) is 0.700. The highest BCUT2D eigenvalue weighted by molar-refractivity contribution is 6.00. The number of likely N-dealkylation sites (tertiary alicyclic amines) is 1. The number of fused-ring (bicyclic) bond motifs is 1. The molecule has 3 fully saturated rings. The molecule has 0 radical (unpaired) electrons. The van der Waals surface area contributed by atoms with Gasteiger partial charge >= 0.3 is 0 Å². The third kappa shape index (κ3) is 3.97. The second-order valence-corrected chi connectivity index (χ2v) is 8.12. The predicted octanol–water partition coefficient (Wildman–Crippen LogP) is 1.32. The summed E-state index contributed by atoms with van der Waals surface area (Å²) in [5.41, 5.74) is 8.08. The van der Waals surface area contributed by atoms with Crippen molar-refractivity contribution in [2.75, 3.05) is 43.4 Å². The molecule has 4 rings (SSSR count). The van der Waals surface area contributed by atoms with E-state index in [-0.39, 0.29) is 0 Å². The van der Waals surface area contributed by atoms with Crippen LogP contribution in [0.4, 0.5) is 11.6 Å². The lowest BCUT2D eigenvalue weighted by Gasteiger charge is -2.23. The van der Waals surface area contributed by atoms with Crippen molar-refractivity contribution in [3.05, 3.63) is 17.7 Å². The topological polar surface area (TPSA) is 71.0 Å². The summed E-state index contributed by atoms with van der Waals surface area (Å²) in [5, 5.41) is 6.33. The zero-order valence-electron chi connectivity index (χ0n) is 15.3. The Morgan fingerprint density at radius 2 is 2.00 bits per heavy atom. The molecule has 1 aliphatic carbocycles. The minimum absolute atomic E-state index is 0.591. The number of rotatable bonds is 6. The second-order valence-electron chi connectivity index (χ2n) is 8.12. The van der Waals surface area contributed by atoms with E-state index in [2.05, 4.69) is 21.9 Å². The van der Waals surface area contributed by atoms with Crippen molar-refractivity contribution in [3.63, 3.8) is 0 Å². The first-order valence-electron chi connectivity index (χ1n) is 10.1. The molecule has 0 spiro atoms. The average Bonchev–Trinajstić information content (AvgIpc) is 3.18. The van der Waals surface area contributed by atoms with Crippen LogP contribution in [0.15, 0.2) is 12.1 Å². The highest BCUT2D eigenvalue weighted by Crippen LogP contribution is 2.44. The molecule has 5 heteroatoms. The van der Waals surface area contributed by atoms with Crippen LogP contribution in [0.5, 0.6) is 0 Å². The number of anilines is 2. The van der Waals surface area contributed by atoms with Gasteiger partial charge in [-0.05, 0) is 82.1 Å².